The summed E-state index contributed by atoms with van der Waals surface area (Å²) in [4.78, 5) is 9.37. The molecule has 1 saturated heterocycles. The van der Waals surface area contributed by atoms with Gasteiger partial charge in [-0.25, -0.2) is 4.98 Å². The number of thioether (sulfide) groups is 1. The van der Waals surface area contributed by atoms with Crippen LogP contribution in [0.1, 0.15) is 16.8 Å². The number of anilines is 1. The van der Waals surface area contributed by atoms with Crippen molar-refractivity contribution in [2.75, 3.05) is 49.6 Å². The van der Waals surface area contributed by atoms with Crippen LogP contribution in [0.4, 0.5) is 5.82 Å². The summed E-state index contributed by atoms with van der Waals surface area (Å²) in [6.07, 6.45) is 2.15. The number of piperazine rings is 1. The fourth-order valence-corrected chi connectivity index (χ4v) is 2.86. The van der Waals surface area contributed by atoms with E-state index in [1.54, 1.807) is 0 Å². The van der Waals surface area contributed by atoms with Gasteiger partial charge in [0.1, 0.15) is 11.9 Å². The molecule has 2 rings (SSSR count). The average Bonchev–Trinajstić information content (AvgIpc) is 2.48. The van der Waals surface area contributed by atoms with E-state index in [2.05, 4.69) is 27.1 Å². The number of rotatable bonds is 4. The molecular weight excluding hydrogens is 268 g/mol. The van der Waals surface area contributed by atoms with Gasteiger partial charge in [0.05, 0.1) is 5.56 Å². The number of pyridine rings is 1. The fraction of sp³-hybridized carbons (Fsp3) is 0.600. The molecule has 1 aliphatic rings. The summed E-state index contributed by atoms with van der Waals surface area (Å²) in [5.41, 5.74) is 2.80. The molecule has 0 saturated carbocycles. The van der Waals surface area contributed by atoms with Crippen molar-refractivity contribution < 1.29 is 0 Å². The Hall–Kier alpha value is -1.25. The molecule has 0 atom stereocenters. The quantitative estimate of drug-likeness (QED) is 0.849. The van der Waals surface area contributed by atoms with Crippen molar-refractivity contribution in [2.24, 2.45) is 0 Å². The van der Waals surface area contributed by atoms with Crippen LogP contribution in [0.2, 0.25) is 0 Å². The molecule has 0 amide bonds. The largest absolute Gasteiger partial charge is 0.353 e. The number of nitrogens with zero attached hydrogens (tertiary/aromatic N) is 4. The maximum absolute atomic E-state index is 9.30. The van der Waals surface area contributed by atoms with E-state index < -0.39 is 0 Å². The summed E-state index contributed by atoms with van der Waals surface area (Å²) in [5, 5.41) is 9.30. The third-order valence-corrected chi connectivity index (χ3v) is 4.44. The van der Waals surface area contributed by atoms with Gasteiger partial charge in [0, 0.05) is 44.2 Å². The normalized spacial score (nSPS) is 16.2. The molecule has 1 aromatic rings. The van der Waals surface area contributed by atoms with Gasteiger partial charge in [-0.3, -0.25) is 4.90 Å². The number of aromatic nitrogens is 1. The van der Waals surface area contributed by atoms with Gasteiger partial charge in [0.15, 0.2) is 0 Å². The molecular formula is C15H22N4S. The molecule has 108 valence electrons. The third-order valence-electron chi connectivity index (χ3n) is 3.85. The highest BCUT2D eigenvalue weighted by molar-refractivity contribution is 7.98. The molecule has 0 aliphatic carbocycles. The SMILES string of the molecule is CSCCN1CCN(c2nc(C)c(C)cc2C#N)CC1. The highest BCUT2D eigenvalue weighted by Gasteiger charge is 2.20. The lowest BCUT2D eigenvalue weighted by Gasteiger charge is -2.35. The van der Waals surface area contributed by atoms with Crippen molar-refractivity contribution in [3.05, 3.63) is 22.9 Å². The van der Waals surface area contributed by atoms with Crippen LogP contribution in [0.3, 0.4) is 0 Å². The van der Waals surface area contributed by atoms with Crippen molar-refractivity contribution in [3.63, 3.8) is 0 Å². The minimum absolute atomic E-state index is 0.700. The Morgan fingerprint density at radius 2 is 2.00 bits per heavy atom. The van der Waals surface area contributed by atoms with Crippen LogP contribution in [-0.4, -0.2) is 54.6 Å². The van der Waals surface area contributed by atoms with Crippen LogP contribution < -0.4 is 4.90 Å². The Bertz CT molecular complexity index is 501. The van der Waals surface area contributed by atoms with E-state index in [1.165, 1.54) is 5.75 Å². The van der Waals surface area contributed by atoms with Crippen LogP contribution >= 0.6 is 11.8 Å². The summed E-state index contributed by atoms with van der Waals surface area (Å²) in [5.74, 6) is 2.05. The Balaban J connectivity index is 2.07. The number of aryl methyl sites for hydroxylation is 2. The Labute approximate surface area is 125 Å². The molecule has 1 aromatic heterocycles. The standard InChI is InChI=1S/C15H22N4S/c1-12-10-14(11-16)15(17-13(12)2)19-6-4-18(5-7-19)8-9-20-3/h10H,4-9H2,1-3H3. The molecule has 0 N–H and O–H groups in total. The van der Waals surface area contributed by atoms with E-state index in [0.29, 0.717) is 5.56 Å². The van der Waals surface area contributed by atoms with Crippen molar-refractivity contribution >= 4 is 17.6 Å². The first-order valence-corrected chi connectivity index (χ1v) is 8.39. The van der Waals surface area contributed by atoms with Crippen molar-refractivity contribution in [3.8, 4) is 6.07 Å². The Morgan fingerprint density at radius 3 is 2.60 bits per heavy atom. The Kier molecular flexibility index (Phi) is 5.27. The lowest BCUT2D eigenvalue weighted by molar-refractivity contribution is 0.272. The van der Waals surface area contributed by atoms with Crippen LogP contribution in [0, 0.1) is 25.2 Å². The van der Waals surface area contributed by atoms with Crippen molar-refractivity contribution in [2.45, 2.75) is 13.8 Å². The van der Waals surface area contributed by atoms with Crippen LogP contribution in [0.15, 0.2) is 6.07 Å². The maximum Gasteiger partial charge on any atom is 0.146 e. The summed E-state index contributed by atoms with van der Waals surface area (Å²) in [7, 11) is 0. The summed E-state index contributed by atoms with van der Waals surface area (Å²) >= 11 is 1.89. The second-order valence-electron chi connectivity index (χ2n) is 5.20. The van der Waals surface area contributed by atoms with Crippen LogP contribution in [0.5, 0.6) is 0 Å². The first-order chi connectivity index (χ1) is 9.65. The minimum Gasteiger partial charge on any atom is -0.353 e. The topological polar surface area (TPSA) is 43.2 Å². The second-order valence-corrected chi connectivity index (χ2v) is 6.18. The molecule has 0 aromatic carbocycles. The molecule has 5 heteroatoms. The lowest BCUT2D eigenvalue weighted by atomic mass is 10.1. The van der Waals surface area contributed by atoms with E-state index in [-0.39, 0.29) is 0 Å². The van der Waals surface area contributed by atoms with Crippen LogP contribution in [-0.2, 0) is 0 Å². The first-order valence-electron chi connectivity index (χ1n) is 7.00. The zero-order valence-electron chi connectivity index (χ0n) is 12.5. The highest BCUT2D eigenvalue weighted by Crippen LogP contribution is 2.21. The monoisotopic (exact) mass is 290 g/mol. The van der Waals surface area contributed by atoms with E-state index in [0.717, 1.165) is 49.8 Å². The van der Waals surface area contributed by atoms with Gasteiger partial charge in [-0.1, -0.05) is 0 Å². The van der Waals surface area contributed by atoms with Crippen molar-refractivity contribution in [1.29, 1.82) is 5.26 Å². The van der Waals surface area contributed by atoms with Crippen molar-refractivity contribution in [1.82, 2.24) is 9.88 Å². The van der Waals surface area contributed by atoms with E-state index >= 15 is 0 Å². The first kappa shape index (κ1) is 15.1. The second kappa shape index (κ2) is 6.96. The van der Waals surface area contributed by atoms with E-state index in [9.17, 15) is 5.26 Å². The molecule has 1 aliphatic heterocycles. The molecule has 1 fully saturated rings. The number of hydrogen-bond acceptors (Lipinski definition) is 5. The predicted molar refractivity (Wildman–Crippen MR) is 85.5 cm³/mol. The summed E-state index contributed by atoms with van der Waals surface area (Å²) in [6.45, 7) is 9.19. The zero-order valence-corrected chi connectivity index (χ0v) is 13.3. The zero-order chi connectivity index (χ0) is 14.5. The van der Waals surface area contributed by atoms with Gasteiger partial charge >= 0.3 is 0 Å². The predicted octanol–water partition coefficient (Wildman–Crippen LogP) is 2.06. The van der Waals surface area contributed by atoms with Gasteiger partial charge < -0.3 is 4.90 Å². The Morgan fingerprint density at radius 1 is 1.30 bits per heavy atom. The van der Waals surface area contributed by atoms with Gasteiger partial charge in [-0.2, -0.15) is 17.0 Å². The summed E-state index contributed by atoms with van der Waals surface area (Å²) in [6, 6.07) is 4.24. The van der Waals surface area contributed by atoms with Crippen LogP contribution in [0.25, 0.3) is 0 Å². The van der Waals surface area contributed by atoms with Gasteiger partial charge in [0.2, 0.25) is 0 Å². The molecule has 0 bridgehead atoms. The number of hydrogen-bond donors (Lipinski definition) is 0. The summed E-state index contributed by atoms with van der Waals surface area (Å²) < 4.78 is 0. The molecule has 2 heterocycles. The molecule has 0 radical (unpaired) electrons. The lowest BCUT2D eigenvalue weighted by Crippen LogP contribution is -2.47. The minimum atomic E-state index is 0.700. The molecule has 20 heavy (non-hydrogen) atoms. The molecule has 0 unspecified atom stereocenters. The molecule has 0 spiro atoms. The third kappa shape index (κ3) is 3.44. The average molecular weight is 290 g/mol. The van der Waals surface area contributed by atoms with Gasteiger partial charge in [-0.15, -0.1) is 0 Å². The van der Waals surface area contributed by atoms with Gasteiger partial charge in [0.25, 0.3) is 0 Å². The maximum atomic E-state index is 9.30. The molecule has 4 nitrogen and oxygen atoms in total. The fourth-order valence-electron chi connectivity index (χ4n) is 2.42. The highest BCUT2D eigenvalue weighted by atomic mass is 32.2. The van der Waals surface area contributed by atoms with E-state index in [1.807, 2.05) is 31.7 Å². The van der Waals surface area contributed by atoms with E-state index in [4.69, 9.17) is 0 Å². The van der Waals surface area contributed by atoms with Gasteiger partial charge in [-0.05, 0) is 31.7 Å². The smallest absolute Gasteiger partial charge is 0.146 e. The number of nitriles is 1.